The first-order valence-electron chi connectivity index (χ1n) is 4.90. The molecule has 2 N–H and O–H groups in total. The first-order chi connectivity index (χ1) is 6.73. The third-order valence-electron chi connectivity index (χ3n) is 3.24. The Balaban J connectivity index is 2.21. The lowest BCUT2D eigenvalue weighted by atomic mass is 10.2. The minimum Gasteiger partial charge on any atom is -0.493 e. The molecule has 0 aromatic carbocycles. The molecule has 1 fully saturated rings. The fourth-order valence-electron chi connectivity index (χ4n) is 2.58. The Morgan fingerprint density at radius 2 is 2.14 bits per heavy atom. The van der Waals surface area contributed by atoms with Gasteiger partial charge < -0.3 is 9.84 Å². The Morgan fingerprint density at radius 3 is 2.86 bits per heavy atom. The summed E-state index contributed by atoms with van der Waals surface area (Å²) >= 11 is 0. The van der Waals surface area contributed by atoms with Crippen LogP contribution < -0.4 is 5.69 Å². The highest BCUT2D eigenvalue weighted by Gasteiger charge is 2.45. The van der Waals surface area contributed by atoms with E-state index in [1.807, 2.05) is 0 Å². The maximum atomic E-state index is 11.6. The van der Waals surface area contributed by atoms with Gasteiger partial charge in [-0.2, -0.15) is 0 Å². The first-order valence-corrected chi connectivity index (χ1v) is 4.90. The predicted octanol–water partition coefficient (Wildman–Crippen LogP) is 0.639. The molecule has 2 aliphatic rings. The molecule has 76 valence electrons. The molecule has 5 nitrogen and oxygen atoms in total. The summed E-state index contributed by atoms with van der Waals surface area (Å²) in [6.07, 6.45) is 3.91. The number of nitrogens with zero attached hydrogens (tertiary/aromatic N) is 1. The Kier molecular flexibility index (Phi) is 1.40. The van der Waals surface area contributed by atoms with E-state index in [-0.39, 0.29) is 11.6 Å². The summed E-state index contributed by atoms with van der Waals surface area (Å²) in [6, 6.07) is 0. The lowest BCUT2D eigenvalue weighted by Gasteiger charge is -2.23. The van der Waals surface area contributed by atoms with Crippen molar-refractivity contribution in [1.29, 1.82) is 0 Å². The minimum atomic E-state index is -0.454. The van der Waals surface area contributed by atoms with Crippen molar-refractivity contribution in [3.63, 3.8) is 0 Å². The normalized spacial score (nSPS) is 23.1. The average molecular weight is 196 g/mol. The largest absolute Gasteiger partial charge is 0.493 e. The van der Waals surface area contributed by atoms with Crippen LogP contribution in [-0.2, 0) is 17.1 Å². The molecule has 5 heteroatoms. The van der Waals surface area contributed by atoms with E-state index in [1.165, 1.54) is 0 Å². The molecule has 1 aromatic heterocycles. The van der Waals surface area contributed by atoms with Crippen LogP contribution in [0.25, 0.3) is 0 Å². The molecule has 0 saturated heterocycles. The van der Waals surface area contributed by atoms with Gasteiger partial charge in [0, 0.05) is 0 Å². The van der Waals surface area contributed by atoms with Gasteiger partial charge in [-0.15, -0.1) is 0 Å². The topological polar surface area (TPSA) is 67.2 Å². The lowest BCUT2D eigenvalue weighted by molar-refractivity contribution is -0.0782. The van der Waals surface area contributed by atoms with Gasteiger partial charge in [0.05, 0.1) is 6.61 Å². The summed E-state index contributed by atoms with van der Waals surface area (Å²) in [7, 11) is 0. The predicted molar refractivity (Wildman–Crippen MR) is 47.9 cm³/mol. The van der Waals surface area contributed by atoms with Gasteiger partial charge in [-0.05, 0) is 25.7 Å². The number of hydrogen-bond donors (Lipinski definition) is 2. The van der Waals surface area contributed by atoms with Gasteiger partial charge >= 0.3 is 5.69 Å². The van der Waals surface area contributed by atoms with Crippen LogP contribution in [0.4, 0.5) is 0 Å². The molecule has 0 radical (unpaired) electrons. The van der Waals surface area contributed by atoms with Crippen molar-refractivity contribution in [2.24, 2.45) is 0 Å². The Labute approximate surface area is 80.3 Å². The number of ether oxygens (including phenoxy) is 1. The van der Waals surface area contributed by atoms with Gasteiger partial charge in [0.1, 0.15) is 11.4 Å². The van der Waals surface area contributed by atoms with Crippen molar-refractivity contribution in [1.82, 2.24) is 9.55 Å². The molecule has 1 aromatic rings. The van der Waals surface area contributed by atoms with Crippen LogP contribution in [0, 0.1) is 0 Å². The highest BCUT2D eigenvalue weighted by atomic mass is 16.5. The lowest BCUT2D eigenvalue weighted by Crippen LogP contribution is -2.35. The number of aromatic amines is 1. The summed E-state index contributed by atoms with van der Waals surface area (Å²) in [5.41, 5.74) is -0.113. The van der Waals surface area contributed by atoms with Crippen molar-refractivity contribution < 1.29 is 9.84 Å². The fraction of sp³-hybridized carbons (Fsp3) is 0.667. The van der Waals surface area contributed by atoms with Crippen LogP contribution in [0.3, 0.4) is 0 Å². The highest BCUT2D eigenvalue weighted by molar-refractivity contribution is 5.21. The quantitative estimate of drug-likeness (QED) is 0.639. The summed E-state index contributed by atoms with van der Waals surface area (Å²) in [5.74, 6) is -0.0428. The van der Waals surface area contributed by atoms with Crippen LogP contribution in [0.2, 0.25) is 0 Å². The Morgan fingerprint density at radius 1 is 1.43 bits per heavy atom. The van der Waals surface area contributed by atoms with E-state index in [1.54, 1.807) is 4.57 Å². The van der Waals surface area contributed by atoms with Crippen molar-refractivity contribution in [2.45, 2.75) is 38.0 Å². The standard InChI is InChI=1S/C9H12N2O3/c12-7-6-5-14-9(3-1-2-4-9)11(6)8(13)10-7/h12H,1-5H2,(H,10,13). The summed E-state index contributed by atoms with van der Waals surface area (Å²) in [5, 5.41) is 9.44. The van der Waals surface area contributed by atoms with Crippen molar-refractivity contribution in [3.05, 3.63) is 16.2 Å². The van der Waals surface area contributed by atoms with E-state index >= 15 is 0 Å². The molecule has 0 atom stereocenters. The SMILES string of the molecule is O=c1[nH]c(O)c2n1C1(CCCC1)OC2. The molecule has 1 spiro atoms. The first kappa shape index (κ1) is 8.11. The average Bonchev–Trinajstić information content (AvgIpc) is 2.79. The molecule has 2 heterocycles. The number of imidazole rings is 1. The summed E-state index contributed by atoms with van der Waals surface area (Å²) in [6.45, 7) is 0.338. The van der Waals surface area contributed by atoms with Gasteiger partial charge in [0.25, 0.3) is 0 Å². The Hall–Kier alpha value is -1.23. The molecule has 0 amide bonds. The van der Waals surface area contributed by atoms with Gasteiger partial charge in [-0.25, -0.2) is 4.79 Å². The van der Waals surface area contributed by atoms with Crippen LogP contribution in [-0.4, -0.2) is 14.7 Å². The number of H-pyrrole nitrogens is 1. The van der Waals surface area contributed by atoms with Crippen LogP contribution in [0.1, 0.15) is 31.4 Å². The molecular weight excluding hydrogens is 184 g/mol. The van der Waals surface area contributed by atoms with E-state index in [9.17, 15) is 9.90 Å². The molecule has 1 aliphatic heterocycles. The molecule has 3 rings (SSSR count). The van der Waals surface area contributed by atoms with Crippen molar-refractivity contribution >= 4 is 0 Å². The Bertz CT molecular complexity index is 426. The number of aromatic hydroxyl groups is 1. The van der Waals surface area contributed by atoms with Gasteiger partial charge in [-0.1, -0.05) is 0 Å². The van der Waals surface area contributed by atoms with E-state index in [2.05, 4.69) is 4.98 Å². The minimum absolute atomic E-state index is 0.0428. The maximum absolute atomic E-state index is 11.6. The zero-order valence-electron chi connectivity index (χ0n) is 7.75. The second-order valence-electron chi connectivity index (χ2n) is 4.00. The van der Waals surface area contributed by atoms with E-state index < -0.39 is 5.72 Å². The second-order valence-corrected chi connectivity index (χ2v) is 4.00. The smallest absolute Gasteiger partial charge is 0.331 e. The number of hydrogen-bond acceptors (Lipinski definition) is 3. The molecule has 0 bridgehead atoms. The summed E-state index contributed by atoms with van der Waals surface area (Å²) in [4.78, 5) is 14.0. The number of aromatic nitrogens is 2. The molecule has 0 unspecified atom stereocenters. The number of nitrogens with one attached hydrogen (secondary N) is 1. The van der Waals surface area contributed by atoms with E-state index in [4.69, 9.17) is 4.74 Å². The zero-order chi connectivity index (χ0) is 9.76. The van der Waals surface area contributed by atoms with Crippen molar-refractivity contribution in [2.75, 3.05) is 0 Å². The third kappa shape index (κ3) is 0.803. The molecular formula is C9H12N2O3. The fourth-order valence-corrected chi connectivity index (χ4v) is 2.58. The van der Waals surface area contributed by atoms with Crippen LogP contribution in [0.15, 0.2) is 4.79 Å². The van der Waals surface area contributed by atoms with E-state index in [0.717, 1.165) is 25.7 Å². The van der Waals surface area contributed by atoms with E-state index in [0.29, 0.717) is 12.3 Å². The number of fused-ring (bicyclic) bond motifs is 2. The number of rotatable bonds is 0. The van der Waals surface area contributed by atoms with Gasteiger partial charge in [-0.3, -0.25) is 9.55 Å². The molecule has 1 saturated carbocycles. The van der Waals surface area contributed by atoms with Crippen LogP contribution >= 0.6 is 0 Å². The zero-order valence-corrected chi connectivity index (χ0v) is 7.75. The van der Waals surface area contributed by atoms with Gasteiger partial charge in [0.15, 0.2) is 0 Å². The molecule has 1 aliphatic carbocycles. The van der Waals surface area contributed by atoms with Crippen LogP contribution in [0.5, 0.6) is 5.88 Å². The second kappa shape index (κ2) is 2.42. The maximum Gasteiger partial charge on any atom is 0.331 e. The highest BCUT2D eigenvalue weighted by Crippen LogP contribution is 2.43. The van der Waals surface area contributed by atoms with Crippen molar-refractivity contribution in [3.8, 4) is 5.88 Å². The molecule has 14 heavy (non-hydrogen) atoms. The monoisotopic (exact) mass is 196 g/mol. The summed E-state index contributed by atoms with van der Waals surface area (Å²) < 4.78 is 7.25. The third-order valence-corrected chi connectivity index (χ3v) is 3.24. The van der Waals surface area contributed by atoms with Gasteiger partial charge in [0.2, 0.25) is 5.88 Å².